The topological polar surface area (TPSA) is 100 Å². The first-order chi connectivity index (χ1) is 11.5. The SMILES string of the molecule is Cn1cc(-c2cnn3c(N)c(Br)c([C@@H]4CCC[C@H](N)C4)nc23)cn1. The summed E-state index contributed by atoms with van der Waals surface area (Å²) in [5, 5.41) is 8.64. The van der Waals surface area contributed by atoms with Gasteiger partial charge in [0, 0.05) is 36.3 Å². The molecule has 0 spiro atoms. The van der Waals surface area contributed by atoms with Gasteiger partial charge in [0.2, 0.25) is 0 Å². The Labute approximate surface area is 148 Å². The largest absolute Gasteiger partial charge is 0.383 e. The van der Waals surface area contributed by atoms with E-state index in [-0.39, 0.29) is 6.04 Å². The molecular weight excluding hydrogens is 370 g/mol. The Morgan fingerprint density at radius 1 is 1.25 bits per heavy atom. The average molecular weight is 390 g/mol. The fraction of sp³-hybridized carbons (Fsp3) is 0.438. The van der Waals surface area contributed by atoms with E-state index in [4.69, 9.17) is 16.5 Å². The summed E-state index contributed by atoms with van der Waals surface area (Å²) >= 11 is 3.62. The van der Waals surface area contributed by atoms with Crippen LogP contribution in [-0.4, -0.2) is 30.4 Å². The lowest BCUT2D eigenvalue weighted by molar-refractivity contribution is 0.387. The van der Waals surface area contributed by atoms with Gasteiger partial charge in [0.05, 0.1) is 22.6 Å². The van der Waals surface area contributed by atoms with E-state index in [0.29, 0.717) is 11.7 Å². The summed E-state index contributed by atoms with van der Waals surface area (Å²) in [5.74, 6) is 0.899. The van der Waals surface area contributed by atoms with Crippen LogP contribution in [0, 0.1) is 0 Å². The summed E-state index contributed by atoms with van der Waals surface area (Å²) in [7, 11) is 1.89. The van der Waals surface area contributed by atoms with Crippen molar-refractivity contribution in [2.75, 3.05) is 5.73 Å². The number of hydrogen-bond donors (Lipinski definition) is 2. The molecular formula is C16H20BrN7. The van der Waals surface area contributed by atoms with Gasteiger partial charge in [-0.3, -0.25) is 4.68 Å². The molecule has 2 atom stereocenters. The van der Waals surface area contributed by atoms with Crippen molar-refractivity contribution in [3.8, 4) is 11.1 Å². The molecule has 4 rings (SSSR count). The van der Waals surface area contributed by atoms with Crippen LogP contribution in [0.5, 0.6) is 0 Å². The second-order valence-electron chi connectivity index (χ2n) is 6.52. The zero-order valence-electron chi connectivity index (χ0n) is 13.5. The van der Waals surface area contributed by atoms with Gasteiger partial charge in [-0.2, -0.15) is 14.7 Å². The zero-order chi connectivity index (χ0) is 16.8. The van der Waals surface area contributed by atoms with Crippen molar-refractivity contribution in [1.29, 1.82) is 0 Å². The number of aryl methyl sites for hydroxylation is 1. The molecule has 0 unspecified atom stereocenters. The Bertz CT molecular complexity index is 897. The smallest absolute Gasteiger partial charge is 0.165 e. The second kappa shape index (κ2) is 5.86. The van der Waals surface area contributed by atoms with Crippen LogP contribution >= 0.6 is 15.9 Å². The summed E-state index contributed by atoms with van der Waals surface area (Å²) in [6, 6.07) is 0.234. The summed E-state index contributed by atoms with van der Waals surface area (Å²) in [5.41, 5.74) is 16.1. The van der Waals surface area contributed by atoms with E-state index in [1.807, 2.05) is 19.4 Å². The van der Waals surface area contributed by atoms with E-state index in [1.165, 1.54) is 0 Å². The van der Waals surface area contributed by atoms with Crippen LogP contribution in [0.4, 0.5) is 5.82 Å². The van der Waals surface area contributed by atoms with Crippen molar-refractivity contribution in [2.24, 2.45) is 12.8 Å². The predicted octanol–water partition coefficient (Wildman–Crippen LogP) is 2.46. The van der Waals surface area contributed by atoms with Crippen LogP contribution in [-0.2, 0) is 7.05 Å². The number of nitrogen functional groups attached to an aromatic ring is 1. The van der Waals surface area contributed by atoms with Crippen LogP contribution in [0.3, 0.4) is 0 Å². The maximum absolute atomic E-state index is 6.32. The van der Waals surface area contributed by atoms with Crippen molar-refractivity contribution >= 4 is 27.4 Å². The number of fused-ring (bicyclic) bond motifs is 1. The van der Waals surface area contributed by atoms with Crippen molar-refractivity contribution in [2.45, 2.75) is 37.6 Å². The lowest BCUT2D eigenvalue weighted by Gasteiger charge is -2.27. The molecule has 8 heteroatoms. The van der Waals surface area contributed by atoms with Gasteiger partial charge >= 0.3 is 0 Å². The number of hydrogen-bond acceptors (Lipinski definition) is 5. The maximum atomic E-state index is 6.32. The Kier molecular flexibility index (Phi) is 3.80. The molecule has 24 heavy (non-hydrogen) atoms. The highest BCUT2D eigenvalue weighted by molar-refractivity contribution is 9.10. The first-order valence-corrected chi connectivity index (χ1v) is 8.91. The van der Waals surface area contributed by atoms with Crippen molar-refractivity contribution in [3.05, 3.63) is 28.8 Å². The molecule has 1 saturated carbocycles. The second-order valence-corrected chi connectivity index (χ2v) is 7.31. The highest BCUT2D eigenvalue weighted by Gasteiger charge is 2.26. The van der Waals surface area contributed by atoms with Gasteiger partial charge in [-0.05, 0) is 35.2 Å². The van der Waals surface area contributed by atoms with E-state index in [9.17, 15) is 0 Å². The number of rotatable bonds is 2. The number of nitrogens with two attached hydrogens (primary N) is 2. The van der Waals surface area contributed by atoms with Gasteiger partial charge in [0.15, 0.2) is 5.65 Å². The highest BCUT2D eigenvalue weighted by Crippen LogP contribution is 2.38. The number of aromatic nitrogens is 5. The Hall–Kier alpha value is -1.93. The molecule has 0 amide bonds. The molecule has 0 saturated heterocycles. The van der Waals surface area contributed by atoms with Crippen LogP contribution in [0.1, 0.15) is 37.3 Å². The van der Waals surface area contributed by atoms with Gasteiger partial charge in [0.25, 0.3) is 0 Å². The molecule has 1 fully saturated rings. The molecule has 0 aliphatic heterocycles. The third-order valence-electron chi connectivity index (χ3n) is 4.77. The van der Waals surface area contributed by atoms with Crippen molar-refractivity contribution in [3.63, 3.8) is 0 Å². The Morgan fingerprint density at radius 2 is 2.08 bits per heavy atom. The lowest BCUT2D eigenvalue weighted by atomic mass is 9.84. The molecule has 3 aromatic rings. The highest BCUT2D eigenvalue weighted by atomic mass is 79.9. The fourth-order valence-corrected chi connectivity index (χ4v) is 4.10. The van der Waals surface area contributed by atoms with Crippen molar-refractivity contribution in [1.82, 2.24) is 24.4 Å². The van der Waals surface area contributed by atoms with Crippen LogP contribution in [0.25, 0.3) is 16.8 Å². The molecule has 7 nitrogen and oxygen atoms in total. The van der Waals surface area contributed by atoms with Crippen LogP contribution < -0.4 is 11.5 Å². The normalized spacial score (nSPS) is 21.5. The van der Waals surface area contributed by atoms with E-state index in [0.717, 1.165) is 52.6 Å². The van der Waals surface area contributed by atoms with Crippen LogP contribution in [0.15, 0.2) is 23.1 Å². The molecule has 1 aliphatic rings. The monoisotopic (exact) mass is 389 g/mol. The Balaban J connectivity index is 1.87. The third kappa shape index (κ3) is 2.50. The molecule has 4 N–H and O–H groups in total. The average Bonchev–Trinajstić information content (AvgIpc) is 3.16. The maximum Gasteiger partial charge on any atom is 0.165 e. The van der Waals surface area contributed by atoms with E-state index >= 15 is 0 Å². The molecule has 126 valence electrons. The third-order valence-corrected chi connectivity index (χ3v) is 5.58. The molecule has 3 heterocycles. The van der Waals surface area contributed by atoms with Gasteiger partial charge < -0.3 is 11.5 Å². The van der Waals surface area contributed by atoms with E-state index < -0.39 is 0 Å². The minimum atomic E-state index is 0.234. The molecule has 3 aromatic heterocycles. The number of halogens is 1. The Morgan fingerprint density at radius 3 is 2.79 bits per heavy atom. The fourth-order valence-electron chi connectivity index (χ4n) is 3.52. The van der Waals surface area contributed by atoms with Gasteiger partial charge in [-0.1, -0.05) is 6.42 Å². The van der Waals surface area contributed by atoms with Gasteiger partial charge in [-0.15, -0.1) is 0 Å². The number of anilines is 1. The minimum Gasteiger partial charge on any atom is -0.383 e. The molecule has 0 aromatic carbocycles. The predicted molar refractivity (Wildman–Crippen MR) is 96.5 cm³/mol. The zero-order valence-corrected chi connectivity index (χ0v) is 15.1. The van der Waals surface area contributed by atoms with Gasteiger partial charge in [0.1, 0.15) is 5.82 Å². The first-order valence-electron chi connectivity index (χ1n) is 8.11. The summed E-state index contributed by atoms with van der Waals surface area (Å²) in [6.45, 7) is 0. The van der Waals surface area contributed by atoms with E-state index in [2.05, 4.69) is 26.1 Å². The quantitative estimate of drug-likeness (QED) is 0.700. The number of nitrogens with zero attached hydrogens (tertiary/aromatic N) is 5. The summed E-state index contributed by atoms with van der Waals surface area (Å²) in [4.78, 5) is 4.92. The molecule has 0 radical (unpaired) electrons. The minimum absolute atomic E-state index is 0.234. The van der Waals surface area contributed by atoms with Crippen LogP contribution in [0.2, 0.25) is 0 Å². The molecule has 0 bridgehead atoms. The standard InChI is InChI=1S/C16H20BrN7/c1-23-8-10(6-20-23)12-7-21-24-15(19)13(17)14(22-16(12)24)9-3-2-4-11(18)5-9/h6-9,11H,2-5,18-19H2,1H3/t9-,11+/m1/s1. The van der Waals surface area contributed by atoms with Gasteiger partial charge in [-0.25, -0.2) is 4.98 Å². The molecule has 1 aliphatic carbocycles. The van der Waals surface area contributed by atoms with E-state index in [1.54, 1.807) is 15.4 Å². The summed E-state index contributed by atoms with van der Waals surface area (Å²) in [6.07, 6.45) is 9.79. The summed E-state index contributed by atoms with van der Waals surface area (Å²) < 4.78 is 4.27. The lowest BCUT2D eigenvalue weighted by Crippen LogP contribution is -2.27. The van der Waals surface area contributed by atoms with Crippen molar-refractivity contribution < 1.29 is 0 Å². The first kappa shape index (κ1) is 15.6.